The van der Waals surface area contributed by atoms with E-state index < -0.39 is 0 Å². The molecule has 0 unspecified atom stereocenters. The van der Waals surface area contributed by atoms with Crippen molar-refractivity contribution < 1.29 is 156 Å². The molecule has 66 valence electrons. The van der Waals surface area contributed by atoms with Gasteiger partial charge in [0.05, 0.1) is 0 Å². The third kappa shape index (κ3) is 141. The van der Waals surface area contributed by atoms with Crippen LogP contribution in [0.2, 0.25) is 0 Å². The van der Waals surface area contributed by atoms with Crippen molar-refractivity contribution in [2.75, 3.05) is 0 Å². The number of rotatable bonds is 0. The van der Waals surface area contributed by atoms with E-state index in [0.29, 0.717) is 0 Å². The van der Waals surface area contributed by atoms with Crippen LogP contribution >= 0.6 is 0 Å². The van der Waals surface area contributed by atoms with E-state index in [2.05, 4.69) is 0 Å². The van der Waals surface area contributed by atoms with Gasteiger partial charge in [-0.25, -0.2) is 0 Å². The van der Waals surface area contributed by atoms with E-state index in [9.17, 15) is 0 Å². The Balaban J connectivity index is -0.000000000714. The molecule has 0 atom stereocenters. The van der Waals surface area contributed by atoms with Gasteiger partial charge in [0.25, 0.3) is 6.47 Å². The zero-order valence-electron chi connectivity index (χ0n) is 4.86. The van der Waals surface area contributed by atoms with Crippen LogP contribution in [0.15, 0.2) is 0 Å². The van der Waals surface area contributed by atoms with Crippen molar-refractivity contribution in [1.29, 1.82) is 0 Å². The van der Waals surface area contributed by atoms with E-state index >= 15 is 0 Å². The monoisotopic (exact) mass is 534 g/mol. The van der Waals surface area contributed by atoms with Crippen LogP contribution in [0.5, 0.6) is 0 Å². The van der Waals surface area contributed by atoms with Gasteiger partial charge in [0.15, 0.2) is 0 Å². The molecule has 1 N–H and O–H groups in total. The van der Waals surface area contributed by atoms with Crippen LogP contribution in [0.25, 0.3) is 0 Å². The van der Waals surface area contributed by atoms with Gasteiger partial charge in [0.2, 0.25) is 0 Å². The summed E-state index contributed by atoms with van der Waals surface area (Å²) in [4.78, 5) is 8.36. The fourth-order valence-corrected chi connectivity index (χ4v) is 0. The fraction of sp³-hybridized carbons (Fsp3) is 0. The molecule has 0 aromatic heterocycles. The van der Waals surface area contributed by atoms with E-state index in [4.69, 9.17) is 9.90 Å². The van der Waals surface area contributed by atoms with Crippen LogP contribution < -0.4 is 74.4 Å². The SMILES string of the molecule is O=CO.[Cl-].[Cl-].[Cl-].[Cl-].[Cl-].[Cl-].[La+3].[La+3]. The minimum Gasteiger partial charge on any atom is -1.00 e. The molecule has 0 aliphatic heterocycles. The van der Waals surface area contributed by atoms with Gasteiger partial charge in [0, 0.05) is 0 Å². The van der Waals surface area contributed by atoms with Gasteiger partial charge in [-0.3, -0.25) is 4.79 Å². The first-order valence-corrected chi connectivity index (χ1v) is 0.494. The molecule has 0 saturated heterocycles. The zero-order valence-corrected chi connectivity index (χ0v) is 16.6. The molecule has 0 fully saturated rings. The van der Waals surface area contributed by atoms with Crippen molar-refractivity contribution in [1.82, 2.24) is 0 Å². The van der Waals surface area contributed by atoms with Gasteiger partial charge < -0.3 is 79.5 Å². The Kier molecular flexibility index (Phi) is 799. The second kappa shape index (κ2) is 102. The second-order valence-electron chi connectivity index (χ2n) is 0.105. The number of hydrogen-bond acceptors (Lipinski definition) is 1. The Labute approximate surface area is 159 Å². The number of carboxylic acid groups (broad SMARTS) is 1. The van der Waals surface area contributed by atoms with Gasteiger partial charge in [0.1, 0.15) is 0 Å². The van der Waals surface area contributed by atoms with E-state index in [1.807, 2.05) is 0 Å². The largest absolute Gasteiger partial charge is 3.00 e. The van der Waals surface area contributed by atoms with Crippen molar-refractivity contribution in [2.45, 2.75) is 0 Å². The predicted molar refractivity (Wildman–Crippen MR) is 8.69 cm³/mol. The maximum atomic E-state index is 8.36. The summed E-state index contributed by atoms with van der Waals surface area (Å²) in [5.74, 6) is 0. The Bertz CT molecular complexity index is 26.1. The van der Waals surface area contributed by atoms with E-state index in [-0.39, 0.29) is 152 Å². The molecule has 0 bridgehead atoms. The number of hydrogen-bond donors (Lipinski definition) is 1. The molecule has 0 aliphatic rings. The van der Waals surface area contributed by atoms with Gasteiger partial charge in [-0.1, -0.05) is 0 Å². The van der Waals surface area contributed by atoms with Crippen molar-refractivity contribution in [3.63, 3.8) is 0 Å². The molecule has 0 heterocycles. The third-order valence-electron chi connectivity index (χ3n) is 0. The summed E-state index contributed by atoms with van der Waals surface area (Å²) in [5, 5.41) is 6.89. The van der Waals surface area contributed by atoms with Crippen LogP contribution in [0.3, 0.4) is 0 Å². The molecular weight excluding hydrogens is 535 g/mol. The molecule has 0 aromatic carbocycles. The van der Waals surface area contributed by atoms with E-state index in [1.165, 1.54) is 0 Å². The first-order chi connectivity index (χ1) is 1.41. The molecule has 11 heavy (non-hydrogen) atoms. The summed E-state index contributed by atoms with van der Waals surface area (Å²) < 4.78 is 0. The topological polar surface area (TPSA) is 37.3 Å². The van der Waals surface area contributed by atoms with Crippen molar-refractivity contribution in [2.24, 2.45) is 0 Å². The second-order valence-corrected chi connectivity index (χ2v) is 0.105. The average molecular weight is 537 g/mol. The van der Waals surface area contributed by atoms with Crippen LogP contribution in [0, 0.1) is 71.2 Å². The van der Waals surface area contributed by atoms with Crippen molar-refractivity contribution in [3.8, 4) is 0 Å². The molecule has 10 heteroatoms. The van der Waals surface area contributed by atoms with Crippen molar-refractivity contribution in [3.05, 3.63) is 0 Å². The Morgan fingerprint density at radius 1 is 0.727 bits per heavy atom. The summed E-state index contributed by atoms with van der Waals surface area (Å²) in [7, 11) is 0. The molecule has 0 aromatic rings. The molecule has 0 radical (unpaired) electrons. The number of halogens is 6. The van der Waals surface area contributed by atoms with E-state index in [0.717, 1.165) is 0 Å². The first-order valence-electron chi connectivity index (χ1n) is 0.494. The molecular formula is CH2Cl6La2O2. The van der Waals surface area contributed by atoms with Crippen LogP contribution in [-0.2, 0) is 4.79 Å². The summed E-state index contributed by atoms with van der Waals surface area (Å²) in [6.07, 6.45) is 0. The van der Waals surface area contributed by atoms with Crippen molar-refractivity contribution >= 4 is 6.47 Å². The predicted octanol–water partition coefficient (Wildman–Crippen LogP) is -18.3. The molecule has 2 nitrogen and oxygen atoms in total. The minimum atomic E-state index is -0.250. The van der Waals surface area contributed by atoms with Gasteiger partial charge in [-0.05, 0) is 0 Å². The number of carbonyl (C=O) groups is 1. The fourth-order valence-electron chi connectivity index (χ4n) is 0. The molecule has 0 saturated carbocycles. The summed E-state index contributed by atoms with van der Waals surface area (Å²) >= 11 is 0. The minimum absolute atomic E-state index is 0. The molecule has 0 rings (SSSR count). The summed E-state index contributed by atoms with van der Waals surface area (Å²) in [5.41, 5.74) is 0. The van der Waals surface area contributed by atoms with Crippen LogP contribution in [0.1, 0.15) is 0 Å². The maximum absolute atomic E-state index is 8.36. The third-order valence-corrected chi connectivity index (χ3v) is 0. The summed E-state index contributed by atoms with van der Waals surface area (Å²) in [6.45, 7) is -0.250. The van der Waals surface area contributed by atoms with Crippen LogP contribution in [0.4, 0.5) is 0 Å². The van der Waals surface area contributed by atoms with Crippen LogP contribution in [-0.4, -0.2) is 11.6 Å². The van der Waals surface area contributed by atoms with Gasteiger partial charge in [-0.15, -0.1) is 0 Å². The molecule has 0 amide bonds. The molecule has 0 aliphatic carbocycles. The normalized spacial score (nSPS) is 1.09. The zero-order chi connectivity index (χ0) is 2.71. The first kappa shape index (κ1) is 86.1. The van der Waals surface area contributed by atoms with E-state index in [1.54, 1.807) is 0 Å². The molecule has 0 spiro atoms. The quantitative estimate of drug-likeness (QED) is 0.313. The standard InChI is InChI=1S/CH2O2.6ClH.2La/c2-1-3;;;;;;;;/h1H,(H,2,3);6*1H;;/q;;;;;;;2*+3/p-6. The maximum Gasteiger partial charge on any atom is 3.00 e. The Hall–Kier alpha value is 3.60. The summed E-state index contributed by atoms with van der Waals surface area (Å²) in [6, 6.07) is 0. The smallest absolute Gasteiger partial charge is 1.00 e. The van der Waals surface area contributed by atoms with Gasteiger partial charge >= 0.3 is 71.2 Å². The van der Waals surface area contributed by atoms with Gasteiger partial charge in [-0.2, -0.15) is 0 Å². The Morgan fingerprint density at radius 3 is 0.727 bits per heavy atom. The Morgan fingerprint density at radius 2 is 0.727 bits per heavy atom. The average Bonchev–Trinajstić information content (AvgIpc) is 0.918.